The van der Waals surface area contributed by atoms with Crippen LogP contribution in [0.5, 0.6) is 0 Å². The third-order valence-corrected chi connectivity index (χ3v) is 5.53. The average molecular weight is 368 g/mol. The van der Waals surface area contributed by atoms with Crippen molar-refractivity contribution in [1.29, 1.82) is 0 Å². The van der Waals surface area contributed by atoms with Gasteiger partial charge in [-0.2, -0.15) is 4.31 Å². The zero-order valence-corrected chi connectivity index (χ0v) is 12.4. The van der Waals surface area contributed by atoms with Crippen LogP contribution in [0.3, 0.4) is 0 Å². The Bertz CT molecular complexity index is 650. The van der Waals surface area contributed by atoms with Gasteiger partial charge in [0.25, 0.3) is 0 Å². The monoisotopic (exact) mass is 367 g/mol. The normalized spacial score (nSPS) is 23.9. The molecule has 110 valence electrons. The number of aliphatic carboxylic acids is 1. The van der Waals surface area contributed by atoms with Gasteiger partial charge in [-0.15, -0.1) is 0 Å². The van der Waals surface area contributed by atoms with Crippen molar-refractivity contribution in [1.82, 2.24) is 4.31 Å². The van der Waals surface area contributed by atoms with E-state index in [4.69, 9.17) is 5.11 Å². The molecule has 0 aromatic heterocycles. The van der Waals surface area contributed by atoms with Crippen LogP contribution in [0.2, 0.25) is 0 Å². The minimum Gasteiger partial charge on any atom is -0.480 e. The second-order valence-electron chi connectivity index (χ2n) is 4.39. The summed E-state index contributed by atoms with van der Waals surface area (Å²) in [5.41, 5.74) is 0. The molecule has 2 unspecified atom stereocenters. The van der Waals surface area contributed by atoms with E-state index in [1.54, 1.807) is 0 Å². The van der Waals surface area contributed by atoms with Gasteiger partial charge in [0.15, 0.2) is 0 Å². The number of carbonyl (C=O) groups is 1. The summed E-state index contributed by atoms with van der Waals surface area (Å²) in [7, 11) is -4.17. The van der Waals surface area contributed by atoms with E-state index in [1.807, 2.05) is 0 Å². The lowest BCUT2D eigenvalue weighted by Crippen LogP contribution is -2.40. The maximum absolute atomic E-state index is 13.4. The van der Waals surface area contributed by atoms with Gasteiger partial charge in [0, 0.05) is 13.0 Å². The minimum absolute atomic E-state index is 0.104. The zero-order chi connectivity index (χ0) is 15.1. The van der Waals surface area contributed by atoms with Crippen LogP contribution in [0.1, 0.15) is 6.42 Å². The van der Waals surface area contributed by atoms with Gasteiger partial charge in [0.1, 0.15) is 11.9 Å². The third-order valence-electron chi connectivity index (χ3n) is 3.02. The Morgan fingerprint density at radius 2 is 2.10 bits per heavy atom. The number of benzene rings is 1. The number of hydrogen-bond acceptors (Lipinski definition) is 4. The Morgan fingerprint density at radius 3 is 2.65 bits per heavy atom. The number of nitrogens with zero attached hydrogens (tertiary/aromatic N) is 1. The van der Waals surface area contributed by atoms with Crippen molar-refractivity contribution < 1.29 is 27.8 Å². The number of rotatable bonds is 3. The van der Waals surface area contributed by atoms with Gasteiger partial charge in [0.2, 0.25) is 10.0 Å². The van der Waals surface area contributed by atoms with Crippen LogP contribution in [0.15, 0.2) is 27.6 Å². The van der Waals surface area contributed by atoms with Crippen LogP contribution in [0, 0.1) is 5.82 Å². The molecular weight excluding hydrogens is 357 g/mol. The van der Waals surface area contributed by atoms with Crippen molar-refractivity contribution in [3.63, 3.8) is 0 Å². The van der Waals surface area contributed by atoms with Gasteiger partial charge in [-0.3, -0.25) is 4.79 Å². The molecule has 2 atom stereocenters. The van der Waals surface area contributed by atoms with Crippen LogP contribution >= 0.6 is 15.9 Å². The maximum atomic E-state index is 13.4. The second-order valence-corrected chi connectivity index (χ2v) is 7.14. The summed E-state index contributed by atoms with van der Waals surface area (Å²) < 4.78 is 38.9. The van der Waals surface area contributed by atoms with Gasteiger partial charge in [-0.1, -0.05) is 0 Å². The summed E-state index contributed by atoms with van der Waals surface area (Å²) in [5, 5.41) is 18.5. The summed E-state index contributed by atoms with van der Waals surface area (Å²) in [6, 6.07) is 1.86. The lowest BCUT2D eigenvalue weighted by atomic mass is 10.2. The van der Waals surface area contributed by atoms with E-state index in [9.17, 15) is 22.7 Å². The smallest absolute Gasteiger partial charge is 0.322 e. The summed E-state index contributed by atoms with van der Waals surface area (Å²) in [5.74, 6) is -2.11. The first-order valence-corrected chi connectivity index (χ1v) is 7.84. The molecule has 2 N–H and O–H groups in total. The first-order valence-electron chi connectivity index (χ1n) is 5.61. The molecule has 20 heavy (non-hydrogen) atoms. The second kappa shape index (κ2) is 5.40. The van der Waals surface area contributed by atoms with Crippen molar-refractivity contribution in [2.75, 3.05) is 6.54 Å². The first kappa shape index (κ1) is 15.4. The standard InChI is InChI=1S/C11H11BrFNO5S/c12-8-2-1-7(4-9(8)13)20(18,19)14-5-6(15)3-10(14)11(16)17/h1-2,4,6,10,15H,3,5H2,(H,16,17). The predicted molar refractivity (Wildman–Crippen MR) is 70.0 cm³/mol. The molecule has 1 aliphatic rings. The van der Waals surface area contributed by atoms with E-state index in [1.165, 1.54) is 12.1 Å². The Hall–Kier alpha value is -1.03. The lowest BCUT2D eigenvalue weighted by molar-refractivity contribution is -0.140. The van der Waals surface area contributed by atoms with Gasteiger partial charge in [-0.05, 0) is 34.1 Å². The van der Waals surface area contributed by atoms with Crippen LogP contribution < -0.4 is 0 Å². The summed E-state index contributed by atoms with van der Waals surface area (Å²) in [6.45, 7) is -0.322. The topological polar surface area (TPSA) is 94.9 Å². The molecule has 0 saturated carbocycles. The Morgan fingerprint density at radius 1 is 1.45 bits per heavy atom. The number of β-amino-alcohol motifs (C(OH)–C–C–N with tert-alkyl or cyclic N) is 1. The van der Waals surface area contributed by atoms with Crippen molar-refractivity contribution in [3.8, 4) is 0 Å². The van der Waals surface area contributed by atoms with Gasteiger partial charge < -0.3 is 10.2 Å². The minimum atomic E-state index is -4.17. The Balaban J connectivity index is 2.43. The number of aliphatic hydroxyl groups excluding tert-OH is 1. The molecule has 0 amide bonds. The molecule has 1 fully saturated rings. The SMILES string of the molecule is O=C(O)C1CC(O)CN1S(=O)(=O)c1ccc(Br)c(F)c1. The summed E-state index contributed by atoms with van der Waals surface area (Å²) >= 11 is 2.91. The fourth-order valence-corrected chi connectivity index (χ4v) is 3.94. The molecule has 1 aromatic carbocycles. The quantitative estimate of drug-likeness (QED) is 0.823. The molecule has 0 radical (unpaired) electrons. The average Bonchev–Trinajstić information content (AvgIpc) is 2.75. The van der Waals surface area contributed by atoms with E-state index in [-0.39, 0.29) is 22.3 Å². The molecule has 1 heterocycles. The van der Waals surface area contributed by atoms with Crippen molar-refractivity contribution in [2.45, 2.75) is 23.5 Å². The van der Waals surface area contributed by atoms with E-state index in [2.05, 4.69) is 15.9 Å². The number of carboxylic acid groups (broad SMARTS) is 1. The zero-order valence-electron chi connectivity index (χ0n) is 10.0. The molecule has 2 rings (SSSR count). The molecule has 0 spiro atoms. The highest BCUT2D eigenvalue weighted by molar-refractivity contribution is 9.10. The lowest BCUT2D eigenvalue weighted by Gasteiger charge is -2.20. The van der Waals surface area contributed by atoms with Crippen LogP contribution in [-0.2, 0) is 14.8 Å². The van der Waals surface area contributed by atoms with Crippen LogP contribution in [-0.4, -0.2) is 47.6 Å². The third kappa shape index (κ3) is 2.71. The molecule has 1 saturated heterocycles. The molecule has 9 heteroatoms. The first-order chi connectivity index (χ1) is 9.23. The van der Waals surface area contributed by atoms with E-state index >= 15 is 0 Å². The highest BCUT2D eigenvalue weighted by Gasteiger charge is 2.43. The Labute approximate surface area is 123 Å². The van der Waals surface area contributed by atoms with E-state index in [0.717, 1.165) is 6.07 Å². The number of carboxylic acids is 1. The summed E-state index contributed by atoms with van der Waals surface area (Å²) in [4.78, 5) is 10.7. The fourth-order valence-electron chi connectivity index (χ4n) is 2.05. The van der Waals surface area contributed by atoms with E-state index < -0.39 is 34.0 Å². The number of hydrogen-bond donors (Lipinski definition) is 2. The number of halogens is 2. The van der Waals surface area contributed by atoms with Crippen molar-refractivity contribution >= 4 is 31.9 Å². The van der Waals surface area contributed by atoms with Crippen molar-refractivity contribution in [2.24, 2.45) is 0 Å². The van der Waals surface area contributed by atoms with E-state index in [0.29, 0.717) is 4.31 Å². The van der Waals surface area contributed by atoms with Crippen molar-refractivity contribution in [3.05, 3.63) is 28.5 Å². The molecule has 0 aliphatic carbocycles. The van der Waals surface area contributed by atoms with Gasteiger partial charge >= 0.3 is 5.97 Å². The van der Waals surface area contributed by atoms with Gasteiger partial charge in [-0.25, -0.2) is 12.8 Å². The highest BCUT2D eigenvalue weighted by Crippen LogP contribution is 2.28. The predicted octanol–water partition coefficient (Wildman–Crippen LogP) is 0.797. The van der Waals surface area contributed by atoms with Crippen LogP contribution in [0.25, 0.3) is 0 Å². The molecule has 1 aromatic rings. The number of sulfonamides is 1. The molecular formula is C11H11BrFNO5S. The maximum Gasteiger partial charge on any atom is 0.322 e. The molecule has 1 aliphatic heterocycles. The van der Waals surface area contributed by atoms with Crippen LogP contribution in [0.4, 0.5) is 4.39 Å². The highest BCUT2D eigenvalue weighted by atomic mass is 79.9. The molecule has 0 bridgehead atoms. The number of aliphatic hydroxyl groups is 1. The fraction of sp³-hybridized carbons (Fsp3) is 0.364. The largest absolute Gasteiger partial charge is 0.480 e. The van der Waals surface area contributed by atoms with Gasteiger partial charge in [0.05, 0.1) is 15.5 Å². The Kier molecular flexibility index (Phi) is 4.14. The molecule has 6 nitrogen and oxygen atoms in total. The summed E-state index contributed by atoms with van der Waals surface area (Å²) in [6.07, 6.45) is -1.24.